The van der Waals surface area contributed by atoms with Crippen LogP contribution in [-0.4, -0.2) is 41.6 Å². The molecule has 0 saturated carbocycles. The molecule has 1 amide bonds. The van der Waals surface area contributed by atoms with Crippen LogP contribution >= 0.6 is 0 Å². The van der Waals surface area contributed by atoms with Gasteiger partial charge in [-0.05, 0) is 13.0 Å². The summed E-state index contributed by atoms with van der Waals surface area (Å²) in [5.74, 6) is 5.31. The summed E-state index contributed by atoms with van der Waals surface area (Å²) >= 11 is 0. The fourth-order valence-electron chi connectivity index (χ4n) is 1.87. The minimum Gasteiger partial charge on any atom is -0.375 e. The van der Waals surface area contributed by atoms with E-state index in [1.54, 1.807) is 17.2 Å². The highest BCUT2D eigenvalue weighted by atomic mass is 16.5. The second kappa shape index (κ2) is 5.11. The van der Waals surface area contributed by atoms with Crippen molar-refractivity contribution in [2.75, 3.05) is 25.1 Å². The van der Waals surface area contributed by atoms with E-state index in [0.29, 0.717) is 30.9 Å². The molecule has 1 aromatic rings. The molecule has 17 heavy (non-hydrogen) atoms. The van der Waals surface area contributed by atoms with Crippen molar-refractivity contribution in [3.63, 3.8) is 0 Å². The molecule has 0 aliphatic carbocycles. The van der Waals surface area contributed by atoms with Crippen molar-refractivity contribution in [3.05, 3.63) is 24.0 Å². The van der Waals surface area contributed by atoms with E-state index in [1.807, 2.05) is 6.92 Å². The van der Waals surface area contributed by atoms with Crippen molar-refractivity contribution in [3.8, 4) is 0 Å². The van der Waals surface area contributed by atoms with Crippen LogP contribution in [0.25, 0.3) is 0 Å². The van der Waals surface area contributed by atoms with Gasteiger partial charge in [0.05, 0.1) is 30.2 Å². The molecule has 1 atom stereocenters. The SMILES string of the molecule is CC1CN(C(=O)c2ccncc2NN)CCO1. The molecule has 0 bridgehead atoms. The number of ether oxygens (including phenoxy) is 1. The lowest BCUT2D eigenvalue weighted by Crippen LogP contribution is -2.44. The Morgan fingerprint density at radius 2 is 2.53 bits per heavy atom. The summed E-state index contributed by atoms with van der Waals surface area (Å²) in [6, 6.07) is 1.66. The van der Waals surface area contributed by atoms with Gasteiger partial charge in [0.25, 0.3) is 5.91 Å². The van der Waals surface area contributed by atoms with E-state index < -0.39 is 0 Å². The molecular formula is C11H16N4O2. The lowest BCUT2D eigenvalue weighted by molar-refractivity contribution is -0.0123. The predicted octanol–water partition coefficient (Wildman–Crippen LogP) is 0.228. The summed E-state index contributed by atoms with van der Waals surface area (Å²) in [7, 11) is 0. The van der Waals surface area contributed by atoms with Crippen LogP contribution in [0.5, 0.6) is 0 Å². The monoisotopic (exact) mass is 236 g/mol. The first-order chi connectivity index (χ1) is 8.22. The van der Waals surface area contributed by atoms with Gasteiger partial charge in [-0.15, -0.1) is 0 Å². The Morgan fingerprint density at radius 3 is 3.24 bits per heavy atom. The fraction of sp³-hybridized carbons (Fsp3) is 0.455. The highest BCUT2D eigenvalue weighted by Crippen LogP contribution is 2.16. The molecular weight excluding hydrogens is 220 g/mol. The zero-order chi connectivity index (χ0) is 12.3. The predicted molar refractivity (Wildman–Crippen MR) is 63.4 cm³/mol. The van der Waals surface area contributed by atoms with Crippen LogP contribution in [0.15, 0.2) is 18.5 Å². The third kappa shape index (κ3) is 2.54. The number of anilines is 1. The van der Waals surface area contributed by atoms with Crippen molar-refractivity contribution >= 4 is 11.6 Å². The second-order valence-corrected chi connectivity index (χ2v) is 4.00. The van der Waals surface area contributed by atoms with E-state index in [0.717, 1.165) is 0 Å². The van der Waals surface area contributed by atoms with Gasteiger partial charge in [-0.3, -0.25) is 15.6 Å². The molecule has 6 nitrogen and oxygen atoms in total. The topological polar surface area (TPSA) is 80.5 Å². The highest BCUT2D eigenvalue weighted by molar-refractivity contribution is 5.99. The number of carbonyl (C=O) groups is 1. The Kier molecular flexibility index (Phi) is 3.55. The number of aromatic nitrogens is 1. The minimum absolute atomic E-state index is 0.0458. The third-order valence-corrected chi connectivity index (χ3v) is 2.74. The van der Waals surface area contributed by atoms with Crippen LogP contribution in [0.3, 0.4) is 0 Å². The molecule has 3 N–H and O–H groups in total. The number of hydrazine groups is 1. The maximum absolute atomic E-state index is 12.3. The number of nitrogen functional groups attached to an aromatic ring is 1. The van der Waals surface area contributed by atoms with Gasteiger partial charge in [0, 0.05) is 19.3 Å². The summed E-state index contributed by atoms with van der Waals surface area (Å²) in [5, 5.41) is 0. The zero-order valence-electron chi connectivity index (χ0n) is 9.72. The van der Waals surface area contributed by atoms with Crippen LogP contribution in [0.2, 0.25) is 0 Å². The number of nitrogens with zero attached hydrogens (tertiary/aromatic N) is 2. The first-order valence-electron chi connectivity index (χ1n) is 5.54. The van der Waals surface area contributed by atoms with E-state index in [-0.39, 0.29) is 12.0 Å². The maximum Gasteiger partial charge on any atom is 0.256 e. The van der Waals surface area contributed by atoms with Crippen molar-refractivity contribution < 1.29 is 9.53 Å². The molecule has 1 fully saturated rings. The Balaban J connectivity index is 2.18. The fourth-order valence-corrected chi connectivity index (χ4v) is 1.87. The number of morpholine rings is 1. The molecule has 0 spiro atoms. The third-order valence-electron chi connectivity index (χ3n) is 2.74. The number of nitrogens with one attached hydrogen (secondary N) is 1. The van der Waals surface area contributed by atoms with Gasteiger partial charge in [-0.2, -0.15) is 0 Å². The van der Waals surface area contributed by atoms with Crippen molar-refractivity contribution in [2.24, 2.45) is 5.84 Å². The molecule has 2 rings (SSSR count). The van der Waals surface area contributed by atoms with Crippen molar-refractivity contribution in [2.45, 2.75) is 13.0 Å². The normalized spacial score (nSPS) is 20.1. The Labute approximate surface area is 99.7 Å². The lowest BCUT2D eigenvalue weighted by atomic mass is 10.2. The van der Waals surface area contributed by atoms with Crippen LogP contribution in [0, 0.1) is 0 Å². The number of hydrogen-bond donors (Lipinski definition) is 2. The summed E-state index contributed by atoms with van der Waals surface area (Å²) in [6.45, 7) is 3.73. The van der Waals surface area contributed by atoms with E-state index in [4.69, 9.17) is 10.6 Å². The minimum atomic E-state index is -0.0458. The number of pyridine rings is 1. The number of amides is 1. The maximum atomic E-state index is 12.3. The molecule has 0 radical (unpaired) electrons. The first kappa shape index (κ1) is 11.8. The Bertz CT molecular complexity index is 410. The van der Waals surface area contributed by atoms with Gasteiger partial charge in [-0.1, -0.05) is 0 Å². The van der Waals surface area contributed by atoms with Crippen LogP contribution < -0.4 is 11.3 Å². The summed E-state index contributed by atoms with van der Waals surface area (Å²) < 4.78 is 5.40. The smallest absolute Gasteiger partial charge is 0.256 e. The van der Waals surface area contributed by atoms with Crippen LogP contribution in [-0.2, 0) is 4.74 Å². The largest absolute Gasteiger partial charge is 0.375 e. The quantitative estimate of drug-likeness (QED) is 0.567. The van der Waals surface area contributed by atoms with Gasteiger partial charge in [0.15, 0.2) is 0 Å². The molecule has 92 valence electrons. The summed E-state index contributed by atoms with van der Waals surface area (Å²) in [4.78, 5) is 18.0. The molecule has 1 unspecified atom stereocenters. The summed E-state index contributed by atoms with van der Waals surface area (Å²) in [5.41, 5.74) is 3.56. The number of hydrogen-bond acceptors (Lipinski definition) is 5. The van der Waals surface area contributed by atoms with Gasteiger partial charge in [-0.25, -0.2) is 0 Å². The van der Waals surface area contributed by atoms with E-state index >= 15 is 0 Å². The average Bonchev–Trinajstić information content (AvgIpc) is 2.38. The Hall–Kier alpha value is -1.66. The molecule has 1 aliphatic heterocycles. The standard InChI is InChI=1S/C11H16N4O2/c1-8-7-15(4-5-17-8)11(16)9-2-3-13-6-10(9)14-12/h2-3,6,8,14H,4-5,7,12H2,1H3. The molecule has 0 aromatic carbocycles. The molecule has 1 saturated heterocycles. The van der Waals surface area contributed by atoms with E-state index in [2.05, 4.69) is 10.4 Å². The van der Waals surface area contributed by atoms with Gasteiger partial charge < -0.3 is 15.1 Å². The van der Waals surface area contributed by atoms with Gasteiger partial charge >= 0.3 is 0 Å². The zero-order valence-corrected chi connectivity index (χ0v) is 9.72. The Morgan fingerprint density at radius 1 is 1.71 bits per heavy atom. The number of rotatable bonds is 2. The van der Waals surface area contributed by atoms with Crippen LogP contribution in [0.4, 0.5) is 5.69 Å². The van der Waals surface area contributed by atoms with Crippen molar-refractivity contribution in [1.29, 1.82) is 0 Å². The highest BCUT2D eigenvalue weighted by Gasteiger charge is 2.23. The molecule has 1 aliphatic rings. The number of carbonyl (C=O) groups excluding carboxylic acids is 1. The average molecular weight is 236 g/mol. The molecule has 2 heterocycles. The van der Waals surface area contributed by atoms with Crippen LogP contribution in [0.1, 0.15) is 17.3 Å². The molecule has 6 heteroatoms. The summed E-state index contributed by atoms with van der Waals surface area (Å²) in [6.07, 6.45) is 3.19. The lowest BCUT2D eigenvalue weighted by Gasteiger charge is -2.31. The first-order valence-corrected chi connectivity index (χ1v) is 5.54. The van der Waals surface area contributed by atoms with Gasteiger partial charge in [0.1, 0.15) is 0 Å². The van der Waals surface area contributed by atoms with E-state index in [9.17, 15) is 4.79 Å². The van der Waals surface area contributed by atoms with Crippen molar-refractivity contribution in [1.82, 2.24) is 9.88 Å². The van der Waals surface area contributed by atoms with Gasteiger partial charge in [0.2, 0.25) is 0 Å². The number of nitrogens with two attached hydrogens (primary N) is 1. The van der Waals surface area contributed by atoms with E-state index in [1.165, 1.54) is 6.20 Å². The second-order valence-electron chi connectivity index (χ2n) is 4.00. The molecule has 1 aromatic heterocycles.